The SMILES string of the molecule is COc1cc(OC)c2c(=O)c(OC)c(-c3ccc(F)c(F)c3)[nH]c2c1. The second-order valence-corrected chi connectivity index (χ2v) is 5.24. The van der Waals surface area contributed by atoms with Crippen molar-refractivity contribution in [2.45, 2.75) is 0 Å². The summed E-state index contributed by atoms with van der Waals surface area (Å²) in [6.45, 7) is 0. The van der Waals surface area contributed by atoms with Gasteiger partial charge in [0.25, 0.3) is 0 Å². The molecule has 1 aromatic heterocycles. The van der Waals surface area contributed by atoms with Crippen molar-refractivity contribution in [2.75, 3.05) is 21.3 Å². The van der Waals surface area contributed by atoms with Crippen LogP contribution in [-0.4, -0.2) is 26.3 Å². The molecule has 0 aliphatic rings. The van der Waals surface area contributed by atoms with Crippen LogP contribution in [0.1, 0.15) is 0 Å². The van der Waals surface area contributed by atoms with Crippen molar-refractivity contribution < 1.29 is 23.0 Å². The molecule has 1 N–H and O–H groups in total. The highest BCUT2D eigenvalue weighted by atomic mass is 19.2. The zero-order valence-corrected chi connectivity index (χ0v) is 13.8. The summed E-state index contributed by atoms with van der Waals surface area (Å²) in [6.07, 6.45) is 0. The van der Waals surface area contributed by atoms with E-state index in [0.29, 0.717) is 17.0 Å². The van der Waals surface area contributed by atoms with Crippen LogP contribution in [-0.2, 0) is 0 Å². The van der Waals surface area contributed by atoms with E-state index < -0.39 is 17.1 Å². The number of rotatable bonds is 4. The van der Waals surface area contributed by atoms with Gasteiger partial charge in [0.05, 0.1) is 37.9 Å². The first-order valence-electron chi connectivity index (χ1n) is 7.31. The van der Waals surface area contributed by atoms with Crippen LogP contribution in [0, 0.1) is 11.6 Å². The highest BCUT2D eigenvalue weighted by Gasteiger charge is 2.19. The van der Waals surface area contributed by atoms with E-state index in [1.165, 1.54) is 27.4 Å². The van der Waals surface area contributed by atoms with Gasteiger partial charge in [0.1, 0.15) is 11.5 Å². The fraction of sp³-hybridized carbons (Fsp3) is 0.167. The normalized spacial score (nSPS) is 10.8. The largest absolute Gasteiger partial charge is 0.497 e. The number of nitrogens with one attached hydrogen (secondary N) is 1. The lowest BCUT2D eigenvalue weighted by molar-refractivity contribution is 0.396. The van der Waals surface area contributed by atoms with E-state index in [2.05, 4.69) is 4.98 Å². The van der Waals surface area contributed by atoms with Crippen molar-refractivity contribution in [3.63, 3.8) is 0 Å². The van der Waals surface area contributed by atoms with Crippen molar-refractivity contribution in [3.8, 4) is 28.5 Å². The first-order valence-corrected chi connectivity index (χ1v) is 7.31. The summed E-state index contributed by atoms with van der Waals surface area (Å²) < 4.78 is 42.5. The summed E-state index contributed by atoms with van der Waals surface area (Å²) in [7, 11) is 4.25. The molecule has 0 radical (unpaired) electrons. The quantitative estimate of drug-likeness (QED) is 0.785. The summed E-state index contributed by atoms with van der Waals surface area (Å²) in [5.74, 6) is -1.24. The van der Waals surface area contributed by atoms with E-state index in [0.717, 1.165) is 12.1 Å². The molecule has 3 aromatic rings. The number of fused-ring (bicyclic) bond motifs is 1. The van der Waals surface area contributed by atoms with Gasteiger partial charge in [0, 0.05) is 17.7 Å². The van der Waals surface area contributed by atoms with Gasteiger partial charge in [-0.3, -0.25) is 4.79 Å². The lowest BCUT2D eigenvalue weighted by atomic mass is 10.1. The van der Waals surface area contributed by atoms with Crippen molar-refractivity contribution in [1.82, 2.24) is 4.98 Å². The molecule has 25 heavy (non-hydrogen) atoms. The molecule has 0 bridgehead atoms. The average Bonchev–Trinajstić information content (AvgIpc) is 2.62. The minimum absolute atomic E-state index is 0.0259. The number of ether oxygens (including phenoxy) is 3. The predicted molar refractivity (Wildman–Crippen MR) is 89.6 cm³/mol. The summed E-state index contributed by atoms with van der Waals surface area (Å²) in [6, 6.07) is 6.52. The van der Waals surface area contributed by atoms with Crippen molar-refractivity contribution in [1.29, 1.82) is 0 Å². The Kier molecular flexibility index (Phi) is 4.31. The van der Waals surface area contributed by atoms with Gasteiger partial charge in [-0.25, -0.2) is 8.78 Å². The lowest BCUT2D eigenvalue weighted by Crippen LogP contribution is -2.11. The van der Waals surface area contributed by atoms with Crippen LogP contribution in [0.2, 0.25) is 0 Å². The third-order valence-corrected chi connectivity index (χ3v) is 3.86. The Labute approximate surface area is 141 Å². The fourth-order valence-electron chi connectivity index (χ4n) is 2.67. The molecule has 0 unspecified atom stereocenters. The van der Waals surface area contributed by atoms with Crippen LogP contribution < -0.4 is 19.6 Å². The van der Waals surface area contributed by atoms with Crippen molar-refractivity contribution >= 4 is 10.9 Å². The molecule has 0 spiro atoms. The maximum atomic E-state index is 13.6. The average molecular weight is 347 g/mol. The summed E-state index contributed by atoms with van der Waals surface area (Å²) >= 11 is 0. The molecule has 7 heteroatoms. The molecule has 0 aliphatic carbocycles. The number of H-pyrrole nitrogens is 1. The Balaban J connectivity index is 2.39. The van der Waals surface area contributed by atoms with Gasteiger partial charge in [-0.15, -0.1) is 0 Å². The molecule has 0 aliphatic heterocycles. The summed E-state index contributed by atoms with van der Waals surface area (Å²) in [4.78, 5) is 15.9. The highest BCUT2D eigenvalue weighted by Crippen LogP contribution is 2.34. The minimum Gasteiger partial charge on any atom is -0.497 e. The smallest absolute Gasteiger partial charge is 0.235 e. The molecule has 0 amide bonds. The molecule has 0 saturated carbocycles. The molecule has 5 nitrogen and oxygen atoms in total. The first kappa shape index (κ1) is 16.8. The number of hydrogen-bond donors (Lipinski definition) is 1. The molecule has 130 valence electrons. The summed E-state index contributed by atoms with van der Waals surface area (Å²) in [5.41, 5.74) is 0.489. The van der Waals surface area contributed by atoms with Crippen LogP contribution in [0.25, 0.3) is 22.2 Å². The number of aromatic nitrogens is 1. The van der Waals surface area contributed by atoms with E-state index in [1.807, 2.05) is 0 Å². The van der Waals surface area contributed by atoms with Crippen LogP contribution in [0.4, 0.5) is 8.78 Å². The second-order valence-electron chi connectivity index (χ2n) is 5.24. The van der Waals surface area contributed by atoms with E-state index >= 15 is 0 Å². The first-order chi connectivity index (χ1) is 12.0. The number of pyridine rings is 1. The molecular weight excluding hydrogens is 332 g/mol. The molecule has 1 heterocycles. The third kappa shape index (κ3) is 2.77. The Morgan fingerprint density at radius 1 is 0.920 bits per heavy atom. The number of benzene rings is 2. The molecule has 2 aromatic carbocycles. The molecular formula is C18H15F2NO4. The Morgan fingerprint density at radius 2 is 1.68 bits per heavy atom. The van der Waals surface area contributed by atoms with Gasteiger partial charge in [0.2, 0.25) is 5.43 Å². The molecule has 0 saturated heterocycles. The third-order valence-electron chi connectivity index (χ3n) is 3.86. The zero-order valence-electron chi connectivity index (χ0n) is 13.8. The maximum Gasteiger partial charge on any atom is 0.235 e. The van der Waals surface area contributed by atoms with E-state index in [9.17, 15) is 13.6 Å². The standard InChI is InChI=1S/C18H15F2NO4/c1-23-10-7-13-15(14(8-10)24-2)17(22)18(25-3)16(21-13)9-4-5-11(19)12(20)6-9/h4-8H,1-3H3,(H,21,22). The molecule has 3 rings (SSSR count). The van der Waals surface area contributed by atoms with Crippen LogP contribution in [0.5, 0.6) is 17.2 Å². The second kappa shape index (κ2) is 6.43. The zero-order chi connectivity index (χ0) is 18.1. The summed E-state index contributed by atoms with van der Waals surface area (Å²) in [5, 5.41) is 0.270. The topological polar surface area (TPSA) is 60.6 Å². The van der Waals surface area contributed by atoms with Crippen molar-refractivity contribution in [2.24, 2.45) is 0 Å². The number of halogens is 2. The monoisotopic (exact) mass is 347 g/mol. The van der Waals surface area contributed by atoms with Gasteiger partial charge in [0.15, 0.2) is 17.4 Å². The Hall–Kier alpha value is -3.09. The Morgan fingerprint density at radius 3 is 2.28 bits per heavy atom. The van der Waals surface area contributed by atoms with Gasteiger partial charge in [-0.2, -0.15) is 0 Å². The lowest BCUT2D eigenvalue weighted by Gasteiger charge is -2.13. The highest BCUT2D eigenvalue weighted by molar-refractivity contribution is 5.90. The van der Waals surface area contributed by atoms with Gasteiger partial charge in [-0.1, -0.05) is 0 Å². The Bertz CT molecular complexity index is 1010. The maximum absolute atomic E-state index is 13.6. The molecule has 0 fully saturated rings. The van der Waals surface area contributed by atoms with Gasteiger partial charge >= 0.3 is 0 Å². The fourth-order valence-corrected chi connectivity index (χ4v) is 2.67. The molecule has 0 atom stereocenters. The van der Waals surface area contributed by atoms with Crippen LogP contribution in [0.15, 0.2) is 35.1 Å². The number of hydrogen-bond acceptors (Lipinski definition) is 4. The van der Waals surface area contributed by atoms with Gasteiger partial charge < -0.3 is 19.2 Å². The van der Waals surface area contributed by atoms with Crippen LogP contribution >= 0.6 is 0 Å². The number of methoxy groups -OCH3 is 3. The van der Waals surface area contributed by atoms with E-state index in [4.69, 9.17) is 14.2 Å². The van der Waals surface area contributed by atoms with E-state index in [-0.39, 0.29) is 22.4 Å². The minimum atomic E-state index is -1.02. The van der Waals surface area contributed by atoms with Crippen LogP contribution in [0.3, 0.4) is 0 Å². The number of aromatic amines is 1. The van der Waals surface area contributed by atoms with Gasteiger partial charge in [-0.05, 0) is 18.2 Å². The predicted octanol–water partition coefficient (Wildman–Crippen LogP) is 3.50. The van der Waals surface area contributed by atoms with E-state index in [1.54, 1.807) is 12.1 Å². The van der Waals surface area contributed by atoms with Crippen molar-refractivity contribution in [3.05, 3.63) is 52.2 Å².